The molecule has 0 atom stereocenters. The van der Waals surface area contributed by atoms with E-state index < -0.39 is 5.97 Å². The van der Waals surface area contributed by atoms with Gasteiger partial charge in [0.05, 0.1) is 28.4 Å². The molecule has 1 heterocycles. The molecule has 1 aromatic carbocycles. The third-order valence-corrected chi connectivity index (χ3v) is 5.22. The highest BCUT2D eigenvalue weighted by atomic mass is 16.5. The molecule has 2 aromatic rings. The first kappa shape index (κ1) is 17.5. The van der Waals surface area contributed by atoms with E-state index >= 15 is 0 Å². The van der Waals surface area contributed by atoms with E-state index in [-0.39, 0.29) is 17.4 Å². The van der Waals surface area contributed by atoms with Crippen LogP contribution in [0.15, 0.2) is 18.2 Å². The van der Waals surface area contributed by atoms with Crippen LogP contribution in [0.4, 0.5) is 5.69 Å². The summed E-state index contributed by atoms with van der Waals surface area (Å²) in [5, 5.41) is 10.2. The second kappa shape index (κ2) is 6.54. The summed E-state index contributed by atoms with van der Waals surface area (Å²) in [5.74, 6) is -0.407. The molecule has 3 N–H and O–H groups in total. The monoisotopic (exact) mass is 342 g/mol. The fourth-order valence-electron chi connectivity index (χ4n) is 3.63. The van der Waals surface area contributed by atoms with Gasteiger partial charge in [-0.1, -0.05) is 26.8 Å². The van der Waals surface area contributed by atoms with Gasteiger partial charge in [0.25, 0.3) is 0 Å². The van der Waals surface area contributed by atoms with E-state index in [0.29, 0.717) is 34.2 Å². The number of aryl methyl sites for hydroxylation is 1. The minimum absolute atomic E-state index is 0.0934. The molecular formula is C20H26N2O3. The smallest absolute Gasteiger partial charge is 0.339 e. The highest BCUT2D eigenvalue weighted by Crippen LogP contribution is 2.39. The van der Waals surface area contributed by atoms with Crippen molar-refractivity contribution in [3.63, 3.8) is 0 Å². The Bertz CT molecular complexity index is 804. The van der Waals surface area contributed by atoms with E-state index in [1.54, 1.807) is 0 Å². The van der Waals surface area contributed by atoms with Gasteiger partial charge in [0.15, 0.2) is 0 Å². The Morgan fingerprint density at radius 2 is 2.04 bits per heavy atom. The van der Waals surface area contributed by atoms with Crippen LogP contribution in [0.3, 0.4) is 0 Å². The first-order valence-electron chi connectivity index (χ1n) is 8.93. The number of benzene rings is 1. The molecule has 0 saturated heterocycles. The number of carboxylic acids is 1. The molecule has 134 valence electrons. The van der Waals surface area contributed by atoms with Crippen LogP contribution in [0.5, 0.6) is 5.75 Å². The number of carboxylic acid groups (broad SMARTS) is 1. The number of carbonyl (C=O) groups is 1. The predicted octanol–water partition coefficient (Wildman–Crippen LogP) is 4.43. The number of nitrogen functional groups attached to an aromatic ring is 1. The molecule has 25 heavy (non-hydrogen) atoms. The quantitative estimate of drug-likeness (QED) is 0.859. The number of ether oxygens (including phenoxy) is 1. The van der Waals surface area contributed by atoms with Crippen molar-refractivity contribution < 1.29 is 14.6 Å². The number of anilines is 1. The zero-order valence-electron chi connectivity index (χ0n) is 15.1. The van der Waals surface area contributed by atoms with Crippen LogP contribution in [0.1, 0.15) is 62.5 Å². The number of aromatic nitrogens is 1. The summed E-state index contributed by atoms with van der Waals surface area (Å²) >= 11 is 0. The summed E-state index contributed by atoms with van der Waals surface area (Å²) in [6.45, 7) is 6.45. The normalized spacial score (nSPS) is 17.6. The lowest BCUT2D eigenvalue weighted by Crippen LogP contribution is -2.28. The van der Waals surface area contributed by atoms with Crippen molar-refractivity contribution in [3.8, 4) is 5.75 Å². The summed E-state index contributed by atoms with van der Waals surface area (Å²) in [4.78, 5) is 16.2. The van der Waals surface area contributed by atoms with Crippen LogP contribution >= 0.6 is 0 Å². The van der Waals surface area contributed by atoms with Crippen molar-refractivity contribution in [2.45, 2.75) is 59.0 Å². The average Bonchev–Trinajstić information content (AvgIpc) is 2.56. The van der Waals surface area contributed by atoms with Gasteiger partial charge in [0.1, 0.15) is 11.3 Å². The van der Waals surface area contributed by atoms with Gasteiger partial charge in [0, 0.05) is 0 Å². The second-order valence-corrected chi connectivity index (χ2v) is 7.64. The Morgan fingerprint density at radius 1 is 1.36 bits per heavy atom. The van der Waals surface area contributed by atoms with Crippen molar-refractivity contribution in [3.05, 3.63) is 29.5 Å². The van der Waals surface area contributed by atoms with Gasteiger partial charge in [-0.2, -0.15) is 0 Å². The molecule has 0 spiro atoms. The number of hydrogen-bond donors (Lipinski definition) is 2. The molecule has 3 rings (SSSR count). The first-order chi connectivity index (χ1) is 11.8. The number of pyridine rings is 1. The van der Waals surface area contributed by atoms with Crippen molar-refractivity contribution in [2.75, 3.05) is 5.73 Å². The third-order valence-electron chi connectivity index (χ3n) is 5.22. The standard InChI is InChI=1S/C20H26N2O3/c1-4-13-17(19(23)24)18(21)16-14(22-13)6-5-7-15(16)25-12-8-10-20(2,3)11-9-12/h5-7,12H,4,8-11H2,1-3H3,(H2,21,22)(H,23,24). The van der Waals surface area contributed by atoms with E-state index in [0.717, 1.165) is 25.7 Å². The van der Waals surface area contributed by atoms with Crippen LogP contribution < -0.4 is 10.5 Å². The number of hydrogen-bond acceptors (Lipinski definition) is 4. The molecule has 1 fully saturated rings. The lowest BCUT2D eigenvalue weighted by atomic mass is 9.76. The van der Waals surface area contributed by atoms with Crippen LogP contribution in [0.2, 0.25) is 0 Å². The van der Waals surface area contributed by atoms with Crippen molar-refractivity contribution in [2.24, 2.45) is 5.41 Å². The summed E-state index contributed by atoms with van der Waals surface area (Å²) in [6, 6.07) is 5.60. The second-order valence-electron chi connectivity index (χ2n) is 7.64. The van der Waals surface area contributed by atoms with Crippen LogP contribution in [-0.2, 0) is 6.42 Å². The maximum Gasteiger partial charge on any atom is 0.339 e. The zero-order valence-corrected chi connectivity index (χ0v) is 15.1. The minimum Gasteiger partial charge on any atom is -0.490 e. The van der Waals surface area contributed by atoms with Gasteiger partial charge in [-0.05, 0) is 49.7 Å². The highest BCUT2D eigenvalue weighted by Gasteiger charge is 2.28. The fraction of sp³-hybridized carbons (Fsp3) is 0.500. The Morgan fingerprint density at radius 3 is 2.64 bits per heavy atom. The molecule has 0 bridgehead atoms. The van der Waals surface area contributed by atoms with Gasteiger partial charge in [-0.15, -0.1) is 0 Å². The number of fused-ring (bicyclic) bond motifs is 1. The number of aromatic carboxylic acids is 1. The van der Waals surface area contributed by atoms with E-state index in [1.807, 2.05) is 25.1 Å². The van der Waals surface area contributed by atoms with Crippen LogP contribution in [0.25, 0.3) is 10.9 Å². The van der Waals surface area contributed by atoms with Gasteiger partial charge in [-0.3, -0.25) is 4.98 Å². The molecule has 5 heteroatoms. The number of rotatable bonds is 4. The Hall–Kier alpha value is -2.30. The van der Waals surface area contributed by atoms with Crippen LogP contribution in [0, 0.1) is 5.41 Å². The predicted molar refractivity (Wildman–Crippen MR) is 99.2 cm³/mol. The van der Waals surface area contributed by atoms with Crippen molar-refractivity contribution in [1.82, 2.24) is 4.98 Å². The SMILES string of the molecule is CCc1nc2cccc(OC3CCC(C)(C)CC3)c2c(N)c1C(=O)O. The van der Waals surface area contributed by atoms with Gasteiger partial charge in [0.2, 0.25) is 0 Å². The summed E-state index contributed by atoms with van der Waals surface area (Å²) in [7, 11) is 0. The lowest BCUT2D eigenvalue weighted by Gasteiger charge is -2.34. The molecule has 1 saturated carbocycles. The van der Waals surface area contributed by atoms with Gasteiger partial charge >= 0.3 is 5.97 Å². The summed E-state index contributed by atoms with van der Waals surface area (Å²) < 4.78 is 6.24. The molecule has 1 aromatic heterocycles. The first-order valence-corrected chi connectivity index (χ1v) is 8.93. The Labute approximate surface area is 148 Å². The van der Waals surface area contributed by atoms with Gasteiger partial charge < -0.3 is 15.6 Å². The molecule has 5 nitrogen and oxygen atoms in total. The third kappa shape index (κ3) is 3.41. The van der Waals surface area contributed by atoms with E-state index in [4.69, 9.17) is 10.5 Å². The zero-order chi connectivity index (χ0) is 18.2. The van der Waals surface area contributed by atoms with E-state index in [1.165, 1.54) is 0 Å². The van der Waals surface area contributed by atoms with Crippen molar-refractivity contribution >= 4 is 22.6 Å². The summed E-state index contributed by atoms with van der Waals surface area (Å²) in [6.07, 6.45) is 4.89. The maximum absolute atomic E-state index is 11.7. The van der Waals surface area contributed by atoms with Crippen LogP contribution in [-0.4, -0.2) is 22.2 Å². The number of nitrogens with zero attached hydrogens (tertiary/aromatic N) is 1. The Kier molecular flexibility index (Phi) is 4.58. The Balaban J connectivity index is 2.02. The minimum atomic E-state index is -1.04. The largest absolute Gasteiger partial charge is 0.490 e. The average molecular weight is 342 g/mol. The highest BCUT2D eigenvalue weighted by molar-refractivity contribution is 6.06. The summed E-state index contributed by atoms with van der Waals surface area (Å²) in [5.41, 5.74) is 8.15. The maximum atomic E-state index is 11.7. The topological polar surface area (TPSA) is 85.4 Å². The molecular weight excluding hydrogens is 316 g/mol. The molecule has 0 unspecified atom stereocenters. The van der Waals surface area contributed by atoms with E-state index in [2.05, 4.69) is 18.8 Å². The van der Waals surface area contributed by atoms with E-state index in [9.17, 15) is 9.90 Å². The molecule has 0 aliphatic heterocycles. The number of nitrogens with two attached hydrogens (primary N) is 1. The molecule has 0 radical (unpaired) electrons. The lowest BCUT2D eigenvalue weighted by molar-refractivity contribution is 0.0696. The van der Waals surface area contributed by atoms with Crippen molar-refractivity contribution in [1.29, 1.82) is 0 Å². The van der Waals surface area contributed by atoms with Gasteiger partial charge in [-0.25, -0.2) is 4.79 Å². The fourth-order valence-corrected chi connectivity index (χ4v) is 3.63. The molecule has 1 aliphatic rings. The molecule has 1 aliphatic carbocycles. The molecule has 0 amide bonds.